The molecule has 0 rings (SSSR count). The number of aliphatic hydroxyl groups excluding tert-OH is 1. The summed E-state index contributed by atoms with van der Waals surface area (Å²) >= 11 is 0. The van der Waals surface area contributed by atoms with Gasteiger partial charge in [-0.1, -0.05) is 97.3 Å². The molecule has 26 heavy (non-hydrogen) atoms. The van der Waals surface area contributed by atoms with Crippen LogP contribution in [0.3, 0.4) is 0 Å². The normalized spacial score (nSPS) is 12.5. The summed E-state index contributed by atoms with van der Waals surface area (Å²) in [6.07, 6.45) is 16.5. The second-order valence-corrected chi connectivity index (χ2v) is 7.98. The van der Waals surface area contributed by atoms with Crippen LogP contribution in [0.2, 0.25) is 0 Å². The van der Waals surface area contributed by atoms with Crippen molar-refractivity contribution in [3.8, 4) is 0 Å². The predicted octanol–water partition coefficient (Wildman–Crippen LogP) is 6.06. The number of hydrogen-bond donors (Lipinski definition) is 2. The fourth-order valence-corrected chi connectivity index (χ4v) is 3.43. The van der Waals surface area contributed by atoms with E-state index >= 15 is 0 Å². The molecule has 0 aliphatic heterocycles. The van der Waals surface area contributed by atoms with E-state index in [0.717, 1.165) is 38.5 Å². The summed E-state index contributed by atoms with van der Waals surface area (Å²) < 4.78 is 35.7. The Morgan fingerprint density at radius 1 is 0.692 bits per heavy atom. The van der Waals surface area contributed by atoms with Gasteiger partial charge in [-0.2, -0.15) is 8.42 Å². The maximum atomic E-state index is 11.0. The third-order valence-electron chi connectivity index (χ3n) is 4.27. The van der Waals surface area contributed by atoms with E-state index in [-0.39, 0.29) is 12.7 Å². The highest BCUT2D eigenvalue weighted by atomic mass is 32.3. The summed E-state index contributed by atoms with van der Waals surface area (Å²) in [5.41, 5.74) is 0. The Kier molecular flexibility index (Phi) is 22.8. The standard InChI is InChI=1S/C18H38O4S.C2H6O/c1-3-5-7-9-11-13-15-17-18(22-23(19,20)21)16-14-12-10-8-6-4-2;1-2-3/h18H,3-17H2,1-2H3,(H,19,20,21);3H,2H2,1H3. The Hall–Kier alpha value is -0.170. The third kappa shape index (κ3) is 26.1. The van der Waals surface area contributed by atoms with Crippen LogP contribution in [0.15, 0.2) is 0 Å². The predicted molar refractivity (Wildman–Crippen MR) is 110 cm³/mol. The number of rotatable bonds is 17. The van der Waals surface area contributed by atoms with Gasteiger partial charge in [-0.25, -0.2) is 4.18 Å². The summed E-state index contributed by atoms with van der Waals surface area (Å²) in [4.78, 5) is 0. The highest BCUT2D eigenvalue weighted by Crippen LogP contribution is 2.18. The molecule has 5 nitrogen and oxygen atoms in total. The molecule has 1 atom stereocenters. The van der Waals surface area contributed by atoms with Crippen LogP contribution >= 0.6 is 0 Å². The van der Waals surface area contributed by atoms with Crippen LogP contribution in [0.1, 0.15) is 117 Å². The number of unbranched alkanes of at least 4 members (excludes halogenated alkanes) is 11. The minimum absolute atomic E-state index is 0.250. The topological polar surface area (TPSA) is 83.8 Å². The minimum atomic E-state index is -4.33. The van der Waals surface area contributed by atoms with Crippen molar-refractivity contribution in [1.82, 2.24) is 0 Å². The molecular weight excluding hydrogens is 352 g/mol. The zero-order valence-electron chi connectivity index (χ0n) is 17.4. The maximum absolute atomic E-state index is 11.0. The molecule has 0 aliphatic carbocycles. The second kappa shape index (κ2) is 21.1. The van der Waals surface area contributed by atoms with Crippen LogP contribution in [0.25, 0.3) is 0 Å². The first kappa shape index (κ1) is 28.0. The summed E-state index contributed by atoms with van der Waals surface area (Å²) in [6, 6.07) is 0. The lowest BCUT2D eigenvalue weighted by atomic mass is 10.0. The molecule has 6 heteroatoms. The molecule has 1 unspecified atom stereocenters. The molecule has 0 radical (unpaired) electrons. The van der Waals surface area contributed by atoms with E-state index in [0.29, 0.717) is 0 Å². The molecule has 160 valence electrons. The lowest BCUT2D eigenvalue weighted by Crippen LogP contribution is -2.18. The highest BCUT2D eigenvalue weighted by molar-refractivity contribution is 7.80. The fraction of sp³-hybridized carbons (Fsp3) is 1.00. The van der Waals surface area contributed by atoms with E-state index in [1.54, 1.807) is 6.92 Å². The van der Waals surface area contributed by atoms with Crippen molar-refractivity contribution < 1.29 is 22.3 Å². The molecule has 0 aliphatic rings. The molecule has 0 aromatic heterocycles. The summed E-state index contributed by atoms with van der Waals surface area (Å²) in [6.45, 7) is 6.33. The molecule has 2 N–H and O–H groups in total. The van der Waals surface area contributed by atoms with Gasteiger partial charge in [0, 0.05) is 6.61 Å². The number of hydrogen-bond acceptors (Lipinski definition) is 4. The smallest absolute Gasteiger partial charge is 0.397 e. The van der Waals surface area contributed by atoms with Crippen LogP contribution in [0.4, 0.5) is 0 Å². The second-order valence-electron chi connectivity index (χ2n) is 6.93. The van der Waals surface area contributed by atoms with Crippen molar-refractivity contribution >= 4 is 10.4 Å². The van der Waals surface area contributed by atoms with E-state index in [1.165, 1.54) is 57.8 Å². The largest absolute Gasteiger partial charge is 0.397 e. The number of aliphatic hydroxyl groups is 1. The van der Waals surface area contributed by atoms with E-state index in [9.17, 15) is 8.42 Å². The van der Waals surface area contributed by atoms with E-state index < -0.39 is 10.4 Å². The van der Waals surface area contributed by atoms with Crippen LogP contribution < -0.4 is 0 Å². The lowest BCUT2D eigenvalue weighted by molar-refractivity contribution is 0.157. The molecule has 0 aromatic carbocycles. The van der Waals surface area contributed by atoms with E-state index in [4.69, 9.17) is 13.8 Å². The van der Waals surface area contributed by atoms with Gasteiger partial charge in [0.2, 0.25) is 0 Å². The molecule has 0 saturated heterocycles. The monoisotopic (exact) mass is 396 g/mol. The average Bonchev–Trinajstić information content (AvgIpc) is 2.56. The first-order chi connectivity index (χ1) is 12.4. The van der Waals surface area contributed by atoms with Gasteiger partial charge in [0.25, 0.3) is 0 Å². The SMILES string of the molecule is CCCCCCCCCC(CCCCCCCC)OS(=O)(=O)O.CCO. The van der Waals surface area contributed by atoms with Gasteiger partial charge in [0.05, 0.1) is 6.10 Å². The van der Waals surface area contributed by atoms with Gasteiger partial charge in [-0.15, -0.1) is 0 Å². The fourth-order valence-electron chi connectivity index (χ4n) is 2.89. The summed E-state index contributed by atoms with van der Waals surface area (Å²) in [7, 11) is -4.33. The van der Waals surface area contributed by atoms with Crippen LogP contribution in [0, 0.1) is 0 Å². The molecule has 0 aromatic rings. The maximum Gasteiger partial charge on any atom is 0.397 e. The van der Waals surface area contributed by atoms with Gasteiger partial charge in [-0.3, -0.25) is 4.55 Å². The molecule has 0 saturated carbocycles. The van der Waals surface area contributed by atoms with Gasteiger partial charge >= 0.3 is 10.4 Å². The van der Waals surface area contributed by atoms with Crippen LogP contribution in [-0.2, 0) is 14.6 Å². The highest BCUT2D eigenvalue weighted by Gasteiger charge is 2.16. The zero-order chi connectivity index (χ0) is 20.1. The van der Waals surface area contributed by atoms with Crippen molar-refractivity contribution in [2.45, 2.75) is 123 Å². The Morgan fingerprint density at radius 2 is 1.00 bits per heavy atom. The summed E-state index contributed by atoms with van der Waals surface area (Å²) in [5.74, 6) is 0. The molecule has 0 spiro atoms. The van der Waals surface area contributed by atoms with Crippen molar-refractivity contribution in [1.29, 1.82) is 0 Å². The van der Waals surface area contributed by atoms with E-state index in [2.05, 4.69) is 13.8 Å². The van der Waals surface area contributed by atoms with Crippen LogP contribution in [0.5, 0.6) is 0 Å². The minimum Gasteiger partial charge on any atom is -0.397 e. The first-order valence-electron chi connectivity index (χ1n) is 10.7. The summed E-state index contributed by atoms with van der Waals surface area (Å²) in [5, 5.41) is 7.57. The van der Waals surface area contributed by atoms with Gasteiger partial charge in [0.1, 0.15) is 0 Å². The molecule has 0 heterocycles. The molecular formula is C20H44O5S. The Morgan fingerprint density at radius 3 is 1.31 bits per heavy atom. The van der Waals surface area contributed by atoms with E-state index in [1.807, 2.05) is 0 Å². The quantitative estimate of drug-likeness (QED) is 0.230. The first-order valence-corrected chi connectivity index (χ1v) is 12.0. The zero-order valence-corrected chi connectivity index (χ0v) is 18.2. The Labute approximate surface area is 162 Å². The molecule has 0 fully saturated rings. The van der Waals surface area contributed by atoms with Crippen LogP contribution in [-0.4, -0.2) is 30.8 Å². The third-order valence-corrected chi connectivity index (χ3v) is 4.78. The average molecular weight is 397 g/mol. The van der Waals surface area contributed by atoms with Crippen molar-refractivity contribution in [2.75, 3.05) is 6.61 Å². The lowest BCUT2D eigenvalue weighted by Gasteiger charge is -2.15. The van der Waals surface area contributed by atoms with Crippen molar-refractivity contribution in [3.63, 3.8) is 0 Å². The van der Waals surface area contributed by atoms with Gasteiger partial charge < -0.3 is 5.11 Å². The van der Waals surface area contributed by atoms with Crippen molar-refractivity contribution in [3.05, 3.63) is 0 Å². The van der Waals surface area contributed by atoms with Crippen molar-refractivity contribution in [2.24, 2.45) is 0 Å². The van der Waals surface area contributed by atoms with Gasteiger partial charge in [0.15, 0.2) is 0 Å². The Balaban J connectivity index is 0. The van der Waals surface area contributed by atoms with Gasteiger partial charge in [-0.05, 0) is 19.8 Å². The Bertz CT molecular complexity index is 357. The molecule has 0 amide bonds. The molecule has 0 bridgehead atoms.